The van der Waals surface area contributed by atoms with E-state index in [1.165, 1.54) is 11.1 Å². The van der Waals surface area contributed by atoms with Crippen molar-refractivity contribution in [1.82, 2.24) is 9.21 Å². The predicted molar refractivity (Wildman–Crippen MR) is 99.3 cm³/mol. The van der Waals surface area contributed by atoms with Crippen molar-refractivity contribution < 1.29 is 8.42 Å². The molecule has 1 saturated heterocycles. The average Bonchev–Trinajstić information content (AvgIpc) is 2.55. The first-order valence-electron chi connectivity index (χ1n) is 8.52. The Bertz CT molecular complexity index is 907. The van der Waals surface area contributed by atoms with Crippen LogP contribution in [0.2, 0.25) is 5.02 Å². The van der Waals surface area contributed by atoms with E-state index in [9.17, 15) is 8.42 Å². The molecule has 0 amide bonds. The molecular weight excluding hydrogens is 356 g/mol. The Balaban J connectivity index is 1.44. The number of hydrogen-bond acceptors (Lipinski definition) is 3. The molecule has 2 aliphatic heterocycles. The Labute approximate surface area is 154 Å². The van der Waals surface area contributed by atoms with Gasteiger partial charge in [0.2, 0.25) is 10.0 Å². The van der Waals surface area contributed by atoms with Crippen LogP contribution in [0, 0.1) is 6.92 Å². The van der Waals surface area contributed by atoms with E-state index in [-0.39, 0.29) is 4.90 Å². The van der Waals surface area contributed by atoms with Crippen LogP contribution in [0.4, 0.5) is 0 Å². The molecule has 1 fully saturated rings. The molecule has 0 bridgehead atoms. The molecule has 25 heavy (non-hydrogen) atoms. The lowest BCUT2D eigenvalue weighted by atomic mass is 9.97. The van der Waals surface area contributed by atoms with Crippen molar-refractivity contribution in [2.45, 2.75) is 30.8 Å². The van der Waals surface area contributed by atoms with Gasteiger partial charge in [-0.05, 0) is 42.2 Å². The van der Waals surface area contributed by atoms with Crippen LogP contribution in [-0.2, 0) is 23.0 Å². The van der Waals surface area contributed by atoms with Crippen molar-refractivity contribution in [1.29, 1.82) is 0 Å². The first-order chi connectivity index (χ1) is 11.9. The smallest absolute Gasteiger partial charge is 0.243 e. The van der Waals surface area contributed by atoms with Gasteiger partial charge < -0.3 is 0 Å². The van der Waals surface area contributed by atoms with Gasteiger partial charge in [0.05, 0.1) is 4.90 Å². The number of nitrogens with zero attached hydrogens (tertiary/aromatic N) is 2. The molecule has 2 aromatic carbocycles. The highest BCUT2D eigenvalue weighted by Crippen LogP contribution is 2.29. The lowest BCUT2D eigenvalue weighted by Gasteiger charge is -2.46. The van der Waals surface area contributed by atoms with Gasteiger partial charge in [0, 0.05) is 37.2 Å². The zero-order chi connectivity index (χ0) is 17.6. The predicted octanol–water partition coefficient (Wildman–Crippen LogP) is 3.08. The number of aryl methyl sites for hydroxylation is 1. The van der Waals surface area contributed by atoms with Crippen molar-refractivity contribution in [2.75, 3.05) is 19.6 Å². The maximum atomic E-state index is 12.8. The summed E-state index contributed by atoms with van der Waals surface area (Å²) in [5.74, 6) is 0. The van der Waals surface area contributed by atoms with E-state index in [4.69, 9.17) is 11.6 Å². The summed E-state index contributed by atoms with van der Waals surface area (Å²) in [4.78, 5) is 2.68. The van der Waals surface area contributed by atoms with Gasteiger partial charge in [0.1, 0.15) is 0 Å². The molecule has 2 aliphatic rings. The van der Waals surface area contributed by atoms with Crippen molar-refractivity contribution in [3.05, 3.63) is 64.2 Å². The minimum atomic E-state index is -3.45. The third kappa shape index (κ3) is 3.10. The highest BCUT2D eigenvalue weighted by Gasteiger charge is 2.40. The lowest BCUT2D eigenvalue weighted by molar-refractivity contribution is 0.0769. The Morgan fingerprint density at radius 2 is 1.80 bits per heavy atom. The number of sulfonamides is 1. The van der Waals surface area contributed by atoms with Gasteiger partial charge in [-0.25, -0.2) is 8.42 Å². The van der Waals surface area contributed by atoms with Crippen molar-refractivity contribution in [2.24, 2.45) is 0 Å². The van der Waals surface area contributed by atoms with Crippen LogP contribution in [0.1, 0.15) is 16.7 Å². The van der Waals surface area contributed by atoms with E-state index in [1.54, 1.807) is 22.5 Å². The van der Waals surface area contributed by atoms with Gasteiger partial charge >= 0.3 is 0 Å². The molecule has 0 unspecified atom stereocenters. The molecule has 6 heteroatoms. The number of benzene rings is 2. The topological polar surface area (TPSA) is 40.6 Å². The zero-order valence-corrected chi connectivity index (χ0v) is 15.7. The van der Waals surface area contributed by atoms with E-state index < -0.39 is 10.0 Å². The molecule has 0 saturated carbocycles. The van der Waals surface area contributed by atoms with Crippen molar-refractivity contribution >= 4 is 21.6 Å². The fraction of sp³-hybridized carbons (Fsp3) is 0.368. The second kappa shape index (κ2) is 6.40. The summed E-state index contributed by atoms with van der Waals surface area (Å²) in [5.41, 5.74) is 3.66. The van der Waals surface area contributed by atoms with E-state index in [0.717, 1.165) is 25.1 Å². The Morgan fingerprint density at radius 1 is 1.08 bits per heavy atom. The lowest BCUT2D eigenvalue weighted by Crippen LogP contribution is -2.61. The summed E-state index contributed by atoms with van der Waals surface area (Å²) >= 11 is 6.09. The second-order valence-corrected chi connectivity index (χ2v) is 9.22. The standard InChI is InChI=1S/C19H21ClN2O2S/c1-14-6-7-18(10-19(14)20)25(23,24)22-12-17(13-22)21-9-8-15-4-2-3-5-16(15)11-21/h2-7,10,17H,8-9,11-13H2,1H3. The number of hydrogen-bond donors (Lipinski definition) is 0. The van der Waals surface area contributed by atoms with Gasteiger partial charge in [-0.2, -0.15) is 4.31 Å². The van der Waals surface area contributed by atoms with Gasteiger partial charge in [-0.15, -0.1) is 0 Å². The Kier molecular flexibility index (Phi) is 4.36. The molecule has 0 atom stereocenters. The molecule has 2 aromatic rings. The minimum Gasteiger partial charge on any atom is -0.293 e. The molecule has 2 heterocycles. The maximum Gasteiger partial charge on any atom is 0.243 e. The zero-order valence-electron chi connectivity index (χ0n) is 14.2. The molecule has 132 valence electrons. The molecule has 0 aromatic heterocycles. The first kappa shape index (κ1) is 17.0. The molecule has 0 N–H and O–H groups in total. The van der Waals surface area contributed by atoms with E-state index in [0.29, 0.717) is 24.2 Å². The summed E-state index contributed by atoms with van der Waals surface area (Å²) in [6.07, 6.45) is 1.03. The van der Waals surface area contributed by atoms with Crippen LogP contribution in [-0.4, -0.2) is 43.3 Å². The Hall–Kier alpha value is -1.40. The fourth-order valence-electron chi connectivity index (χ4n) is 3.56. The van der Waals surface area contributed by atoms with Gasteiger partial charge in [-0.3, -0.25) is 4.90 Å². The van der Waals surface area contributed by atoms with E-state index in [2.05, 4.69) is 29.2 Å². The van der Waals surface area contributed by atoms with Crippen LogP contribution < -0.4 is 0 Å². The monoisotopic (exact) mass is 376 g/mol. The molecule has 4 nitrogen and oxygen atoms in total. The SMILES string of the molecule is Cc1ccc(S(=O)(=O)N2CC(N3CCc4ccccc4C3)C2)cc1Cl. The van der Waals surface area contributed by atoms with Crippen LogP contribution in [0.15, 0.2) is 47.4 Å². The summed E-state index contributed by atoms with van der Waals surface area (Å²) in [5, 5.41) is 0.491. The number of rotatable bonds is 3. The van der Waals surface area contributed by atoms with Crippen LogP contribution in [0.3, 0.4) is 0 Å². The van der Waals surface area contributed by atoms with Crippen molar-refractivity contribution in [3.63, 3.8) is 0 Å². The second-order valence-electron chi connectivity index (χ2n) is 6.88. The van der Waals surface area contributed by atoms with Crippen LogP contribution >= 0.6 is 11.6 Å². The van der Waals surface area contributed by atoms with Crippen LogP contribution in [0.5, 0.6) is 0 Å². The highest BCUT2D eigenvalue weighted by atomic mass is 35.5. The molecule has 0 radical (unpaired) electrons. The quantitative estimate of drug-likeness (QED) is 0.826. The Morgan fingerprint density at radius 3 is 2.52 bits per heavy atom. The molecule has 4 rings (SSSR count). The number of halogens is 1. The largest absolute Gasteiger partial charge is 0.293 e. The molecule has 0 spiro atoms. The average molecular weight is 377 g/mol. The normalized spacial score (nSPS) is 19.4. The summed E-state index contributed by atoms with van der Waals surface area (Å²) in [7, 11) is -3.45. The maximum absolute atomic E-state index is 12.8. The molecule has 0 aliphatic carbocycles. The first-order valence-corrected chi connectivity index (χ1v) is 10.3. The third-order valence-corrected chi connectivity index (χ3v) is 7.52. The fourth-order valence-corrected chi connectivity index (χ4v) is 5.34. The van der Waals surface area contributed by atoms with E-state index in [1.807, 2.05) is 6.92 Å². The van der Waals surface area contributed by atoms with Crippen molar-refractivity contribution in [3.8, 4) is 0 Å². The van der Waals surface area contributed by atoms with Gasteiger partial charge in [0.15, 0.2) is 0 Å². The van der Waals surface area contributed by atoms with Crippen LogP contribution in [0.25, 0.3) is 0 Å². The van der Waals surface area contributed by atoms with Gasteiger partial charge in [-0.1, -0.05) is 41.9 Å². The summed E-state index contributed by atoms with van der Waals surface area (Å²) in [6, 6.07) is 13.8. The minimum absolute atomic E-state index is 0.283. The van der Waals surface area contributed by atoms with Gasteiger partial charge in [0.25, 0.3) is 0 Å². The van der Waals surface area contributed by atoms with E-state index >= 15 is 0 Å². The third-order valence-electron chi connectivity index (χ3n) is 5.29. The summed E-state index contributed by atoms with van der Waals surface area (Å²) in [6.45, 7) is 4.87. The summed E-state index contributed by atoms with van der Waals surface area (Å²) < 4.78 is 27.1. The highest BCUT2D eigenvalue weighted by molar-refractivity contribution is 7.89. The molecular formula is C19H21ClN2O2S. The number of fused-ring (bicyclic) bond motifs is 1.